The molecule has 0 radical (unpaired) electrons. The van der Waals surface area contributed by atoms with Gasteiger partial charge in [-0.05, 0) is 65.0 Å². The van der Waals surface area contributed by atoms with Crippen molar-refractivity contribution in [3.8, 4) is 11.1 Å². The van der Waals surface area contributed by atoms with Crippen molar-refractivity contribution in [1.29, 1.82) is 0 Å². The Labute approximate surface area is 205 Å². The van der Waals surface area contributed by atoms with E-state index in [1.165, 1.54) is 24.3 Å². The van der Waals surface area contributed by atoms with Crippen LogP contribution in [0.1, 0.15) is 30.9 Å². The lowest BCUT2D eigenvalue weighted by molar-refractivity contribution is -0.226. The SMILES string of the molecule is O=C(ON(C1CCS(O)(O)C1)S(=O)(=O)c1ccc(-c2ccnc3[nH]c(C4CC4)cc23)cc1)C(F)(F)F. The molecular weight excluding hydrogens is 523 g/mol. The van der Waals surface area contributed by atoms with Crippen LogP contribution in [0.2, 0.25) is 0 Å². The number of H-pyrrole nitrogens is 1. The number of sulfonamides is 1. The van der Waals surface area contributed by atoms with Crippen LogP contribution in [0, 0.1) is 0 Å². The Bertz CT molecular complexity index is 1420. The first kappa shape index (κ1) is 25.0. The number of hydrogen-bond donors (Lipinski definition) is 3. The van der Waals surface area contributed by atoms with Crippen LogP contribution in [-0.2, 0) is 19.7 Å². The maximum absolute atomic E-state index is 13.3. The minimum atomic E-state index is -5.44. The maximum Gasteiger partial charge on any atom is 0.492 e. The van der Waals surface area contributed by atoms with Crippen molar-refractivity contribution in [2.75, 3.05) is 11.5 Å². The van der Waals surface area contributed by atoms with Crippen LogP contribution in [-0.4, -0.2) is 61.7 Å². The van der Waals surface area contributed by atoms with Gasteiger partial charge in [0, 0.05) is 23.0 Å². The Balaban J connectivity index is 1.47. The molecule has 0 spiro atoms. The van der Waals surface area contributed by atoms with Gasteiger partial charge >= 0.3 is 12.1 Å². The largest absolute Gasteiger partial charge is 0.492 e. The molecule has 3 aromatic rings. The number of pyridine rings is 1. The highest BCUT2D eigenvalue weighted by atomic mass is 32.3. The maximum atomic E-state index is 13.3. The third kappa shape index (κ3) is 4.83. The van der Waals surface area contributed by atoms with Crippen molar-refractivity contribution in [3.63, 3.8) is 0 Å². The standard InChI is InChI=1S/C22H22F3N3O6S2/c23-22(24,25)21(29)34-28(15-8-10-35(30,31)12-15)36(32,33)16-5-3-13(4-6-16)17-7-9-26-20-18(17)11-19(27-20)14-1-2-14/h3-7,9,11,14-15,30-31H,1-2,8,10,12H2,(H,26,27). The summed E-state index contributed by atoms with van der Waals surface area (Å²) in [5.74, 6) is -3.01. The van der Waals surface area contributed by atoms with Crippen LogP contribution in [0.4, 0.5) is 13.2 Å². The lowest BCUT2D eigenvalue weighted by Gasteiger charge is -2.29. The minimum Gasteiger partial charge on any atom is -0.345 e. The third-order valence-electron chi connectivity index (χ3n) is 6.21. The second kappa shape index (κ2) is 8.73. The van der Waals surface area contributed by atoms with Gasteiger partial charge in [-0.15, -0.1) is 0 Å². The van der Waals surface area contributed by atoms with Gasteiger partial charge in [0.2, 0.25) is 0 Å². The quantitative estimate of drug-likeness (QED) is 0.384. The van der Waals surface area contributed by atoms with E-state index in [1.807, 2.05) is 6.07 Å². The Morgan fingerprint density at radius 2 is 1.83 bits per heavy atom. The average molecular weight is 546 g/mol. The van der Waals surface area contributed by atoms with E-state index in [2.05, 4.69) is 14.8 Å². The minimum absolute atomic E-state index is 0.0439. The van der Waals surface area contributed by atoms with Gasteiger partial charge in [-0.2, -0.15) is 23.8 Å². The molecule has 1 aliphatic heterocycles. The van der Waals surface area contributed by atoms with Gasteiger partial charge in [0.15, 0.2) is 0 Å². The summed E-state index contributed by atoms with van der Waals surface area (Å²) in [4.78, 5) is 23.0. The van der Waals surface area contributed by atoms with Crippen LogP contribution in [0.25, 0.3) is 22.2 Å². The molecular formula is C22H22F3N3O6S2. The molecule has 3 heterocycles. The van der Waals surface area contributed by atoms with Crippen LogP contribution in [0.3, 0.4) is 0 Å². The van der Waals surface area contributed by atoms with E-state index < -0.39 is 49.4 Å². The van der Waals surface area contributed by atoms with E-state index in [1.54, 1.807) is 12.3 Å². The van der Waals surface area contributed by atoms with Crippen LogP contribution in [0.5, 0.6) is 0 Å². The normalized spacial score (nSPS) is 21.1. The Hall–Kier alpha value is -2.65. The Kier molecular flexibility index (Phi) is 6.07. The van der Waals surface area contributed by atoms with Gasteiger partial charge in [0.25, 0.3) is 10.0 Å². The van der Waals surface area contributed by atoms with Crippen LogP contribution < -0.4 is 0 Å². The number of hydrogen-bond acceptors (Lipinski definition) is 7. The highest BCUT2D eigenvalue weighted by Gasteiger charge is 2.48. The summed E-state index contributed by atoms with van der Waals surface area (Å²) in [5.41, 5.74) is 3.21. The second-order valence-electron chi connectivity index (χ2n) is 8.90. The average Bonchev–Trinajstić information content (AvgIpc) is 3.47. The summed E-state index contributed by atoms with van der Waals surface area (Å²) in [5, 5.41) is 0.854. The van der Waals surface area contributed by atoms with Gasteiger partial charge in [-0.1, -0.05) is 12.1 Å². The van der Waals surface area contributed by atoms with Crippen LogP contribution in [0.15, 0.2) is 47.5 Å². The molecule has 2 fully saturated rings. The lowest BCUT2D eigenvalue weighted by atomic mass is 10.0. The van der Waals surface area contributed by atoms with Gasteiger partial charge in [0.05, 0.1) is 16.7 Å². The summed E-state index contributed by atoms with van der Waals surface area (Å²) in [6.45, 7) is 0. The van der Waals surface area contributed by atoms with Gasteiger partial charge in [-0.3, -0.25) is 9.11 Å². The molecule has 194 valence electrons. The molecule has 14 heteroatoms. The predicted molar refractivity (Wildman–Crippen MR) is 126 cm³/mol. The van der Waals surface area contributed by atoms with Crippen molar-refractivity contribution in [2.45, 2.75) is 42.3 Å². The number of nitrogens with zero attached hydrogens (tertiary/aromatic N) is 2. The van der Waals surface area contributed by atoms with Crippen molar-refractivity contribution < 1.29 is 40.3 Å². The Morgan fingerprint density at radius 1 is 1.14 bits per heavy atom. The van der Waals surface area contributed by atoms with Gasteiger partial charge < -0.3 is 9.82 Å². The van der Waals surface area contributed by atoms with Crippen molar-refractivity contribution >= 4 is 37.6 Å². The number of fused-ring (bicyclic) bond motifs is 1. The second-order valence-corrected chi connectivity index (χ2v) is 13.0. The molecule has 1 aromatic carbocycles. The Morgan fingerprint density at radius 3 is 2.42 bits per heavy atom. The number of carbonyl (C=O) groups excluding carboxylic acids is 1. The molecule has 1 atom stereocenters. The summed E-state index contributed by atoms with van der Waals surface area (Å²) in [6.07, 6.45) is -1.81. The summed E-state index contributed by atoms with van der Waals surface area (Å²) >= 11 is 0. The first-order valence-corrected chi connectivity index (χ1v) is 14.3. The molecule has 0 bridgehead atoms. The molecule has 0 amide bonds. The fraction of sp³-hybridized carbons (Fsp3) is 0.364. The third-order valence-corrected chi connectivity index (χ3v) is 9.73. The van der Waals surface area contributed by atoms with Crippen molar-refractivity contribution in [1.82, 2.24) is 14.4 Å². The van der Waals surface area contributed by atoms with E-state index in [9.17, 15) is 35.5 Å². The van der Waals surface area contributed by atoms with Crippen molar-refractivity contribution in [2.24, 2.45) is 0 Å². The van der Waals surface area contributed by atoms with E-state index in [-0.39, 0.29) is 16.6 Å². The summed E-state index contributed by atoms with van der Waals surface area (Å²) in [6, 6.07) is 7.83. The molecule has 5 rings (SSSR count). The summed E-state index contributed by atoms with van der Waals surface area (Å²) in [7, 11) is -7.97. The van der Waals surface area contributed by atoms with E-state index in [0.717, 1.165) is 29.5 Å². The van der Waals surface area contributed by atoms with Crippen LogP contribution >= 0.6 is 10.6 Å². The molecule has 1 saturated heterocycles. The first-order valence-electron chi connectivity index (χ1n) is 11.0. The lowest BCUT2D eigenvalue weighted by Crippen LogP contribution is -2.45. The fourth-order valence-electron chi connectivity index (χ4n) is 4.24. The number of halogens is 3. The molecule has 2 aromatic heterocycles. The van der Waals surface area contributed by atoms with E-state index >= 15 is 0 Å². The zero-order valence-corrected chi connectivity index (χ0v) is 20.2. The highest BCUT2D eigenvalue weighted by molar-refractivity contribution is 8.24. The fourth-order valence-corrected chi connectivity index (χ4v) is 7.50. The zero-order valence-electron chi connectivity index (χ0n) is 18.6. The number of rotatable bonds is 6. The number of benzene rings is 1. The van der Waals surface area contributed by atoms with E-state index in [4.69, 9.17) is 0 Å². The summed E-state index contributed by atoms with van der Waals surface area (Å²) < 4.78 is 84.8. The zero-order chi connectivity index (χ0) is 25.9. The van der Waals surface area contributed by atoms with Crippen molar-refractivity contribution in [3.05, 3.63) is 48.3 Å². The van der Waals surface area contributed by atoms with E-state index in [0.29, 0.717) is 17.1 Å². The topological polar surface area (TPSA) is 133 Å². The molecule has 1 saturated carbocycles. The highest BCUT2D eigenvalue weighted by Crippen LogP contribution is 2.48. The van der Waals surface area contributed by atoms with Gasteiger partial charge in [-0.25, -0.2) is 18.2 Å². The number of aromatic amines is 1. The molecule has 3 N–H and O–H groups in total. The molecule has 9 nitrogen and oxygen atoms in total. The monoisotopic (exact) mass is 545 g/mol. The molecule has 36 heavy (non-hydrogen) atoms. The number of carbonyl (C=O) groups is 1. The first-order chi connectivity index (χ1) is 16.8. The number of aromatic nitrogens is 2. The van der Waals surface area contributed by atoms with Gasteiger partial charge in [0.1, 0.15) is 5.65 Å². The number of alkyl halides is 3. The molecule has 1 aliphatic carbocycles. The number of hydroxylamine groups is 1. The predicted octanol–water partition coefficient (Wildman–Crippen LogP) is 4.64. The number of nitrogens with one attached hydrogen (secondary N) is 1. The smallest absolute Gasteiger partial charge is 0.345 e. The molecule has 1 unspecified atom stereocenters. The molecule has 2 aliphatic rings.